The van der Waals surface area contributed by atoms with Crippen LogP contribution in [0.3, 0.4) is 0 Å². The van der Waals surface area contributed by atoms with Gasteiger partial charge in [0.15, 0.2) is 0 Å². The molecule has 2 heterocycles. The van der Waals surface area contributed by atoms with Gasteiger partial charge in [-0.1, -0.05) is 30.3 Å². The van der Waals surface area contributed by atoms with Gasteiger partial charge in [0.25, 0.3) is 0 Å². The topological polar surface area (TPSA) is 34.1 Å². The first-order chi connectivity index (χ1) is 9.92. The van der Waals surface area contributed by atoms with Crippen LogP contribution in [0.2, 0.25) is 0 Å². The van der Waals surface area contributed by atoms with Crippen LogP contribution in [-0.2, 0) is 11.2 Å². The maximum Gasteiger partial charge on any atom is 0.0945 e. The minimum atomic E-state index is 0.525. The van der Waals surface area contributed by atoms with Gasteiger partial charge in [-0.3, -0.25) is 0 Å². The Hall–Kier alpha value is -1.23. The molecule has 0 spiro atoms. The molecule has 0 radical (unpaired) electrons. The van der Waals surface area contributed by atoms with Crippen LogP contribution in [0, 0.1) is 0 Å². The zero-order valence-electron chi connectivity index (χ0n) is 11.5. The summed E-state index contributed by atoms with van der Waals surface area (Å²) in [5.41, 5.74) is 2.29. The highest BCUT2D eigenvalue weighted by Gasteiger charge is 2.12. The summed E-state index contributed by atoms with van der Waals surface area (Å²) in [5.74, 6) is 0. The summed E-state index contributed by atoms with van der Waals surface area (Å²) in [6.45, 7) is 2.76. The molecule has 1 aromatic heterocycles. The van der Waals surface area contributed by atoms with E-state index in [1.807, 2.05) is 6.07 Å². The Balaban J connectivity index is 1.50. The number of nitrogens with zero attached hydrogens (tertiary/aromatic N) is 1. The molecule has 0 saturated carbocycles. The number of nitrogens with one attached hydrogen (secondary N) is 1. The summed E-state index contributed by atoms with van der Waals surface area (Å²) in [7, 11) is 0. The first-order valence-corrected chi connectivity index (χ1v) is 8.11. The van der Waals surface area contributed by atoms with Crippen molar-refractivity contribution >= 4 is 11.3 Å². The number of hydrogen-bond donors (Lipinski definition) is 1. The lowest BCUT2D eigenvalue weighted by Crippen LogP contribution is -2.37. The molecule has 3 nitrogen and oxygen atoms in total. The van der Waals surface area contributed by atoms with Crippen molar-refractivity contribution in [1.82, 2.24) is 10.3 Å². The Kier molecular flexibility index (Phi) is 4.79. The summed E-state index contributed by atoms with van der Waals surface area (Å²) in [4.78, 5) is 4.71. The highest BCUT2D eigenvalue weighted by Crippen LogP contribution is 2.21. The molecule has 1 N–H and O–H groups in total. The summed E-state index contributed by atoms with van der Waals surface area (Å²) in [6.07, 6.45) is 3.40. The molecule has 106 valence electrons. The monoisotopic (exact) mass is 288 g/mol. The number of aromatic nitrogens is 1. The molecule has 1 aromatic carbocycles. The minimum absolute atomic E-state index is 0.525. The summed E-state index contributed by atoms with van der Waals surface area (Å²) in [5, 5.41) is 6.91. The zero-order valence-corrected chi connectivity index (χ0v) is 12.4. The smallest absolute Gasteiger partial charge is 0.0945 e. The van der Waals surface area contributed by atoms with Gasteiger partial charge in [0, 0.05) is 36.6 Å². The van der Waals surface area contributed by atoms with Gasteiger partial charge in [-0.25, -0.2) is 4.98 Å². The molecule has 0 unspecified atom stereocenters. The van der Waals surface area contributed by atoms with E-state index in [4.69, 9.17) is 9.72 Å². The van der Waals surface area contributed by atoms with Crippen LogP contribution in [0.25, 0.3) is 11.3 Å². The van der Waals surface area contributed by atoms with E-state index in [9.17, 15) is 0 Å². The molecule has 1 saturated heterocycles. The van der Waals surface area contributed by atoms with Gasteiger partial charge in [0.1, 0.15) is 0 Å². The lowest BCUT2D eigenvalue weighted by Gasteiger charge is -2.22. The van der Waals surface area contributed by atoms with Gasteiger partial charge in [0.05, 0.1) is 17.3 Å². The largest absolute Gasteiger partial charge is 0.380 e. The van der Waals surface area contributed by atoms with Crippen LogP contribution in [0.4, 0.5) is 0 Å². The van der Waals surface area contributed by atoms with Crippen LogP contribution in [0.1, 0.15) is 17.8 Å². The van der Waals surface area contributed by atoms with Crippen molar-refractivity contribution in [2.75, 3.05) is 19.8 Å². The average Bonchev–Trinajstić information content (AvgIpc) is 2.98. The van der Waals surface area contributed by atoms with Crippen LogP contribution < -0.4 is 5.32 Å². The van der Waals surface area contributed by atoms with E-state index in [1.165, 1.54) is 23.4 Å². The molecule has 20 heavy (non-hydrogen) atoms. The Morgan fingerprint density at radius 1 is 1.30 bits per heavy atom. The number of ether oxygens (including phenoxy) is 1. The number of hydrogen-bond acceptors (Lipinski definition) is 4. The second-order valence-corrected chi connectivity index (χ2v) is 6.05. The maximum atomic E-state index is 5.47. The van der Waals surface area contributed by atoms with Gasteiger partial charge < -0.3 is 10.1 Å². The Labute approximate surface area is 124 Å². The summed E-state index contributed by atoms with van der Waals surface area (Å²) >= 11 is 1.75. The first-order valence-electron chi connectivity index (χ1n) is 7.23. The van der Waals surface area contributed by atoms with E-state index in [0.717, 1.165) is 31.9 Å². The summed E-state index contributed by atoms with van der Waals surface area (Å²) < 4.78 is 5.47. The SMILES string of the molecule is c1ccc(-c2csc(CCN[C@@H]3CCCOC3)n2)cc1. The van der Waals surface area contributed by atoms with E-state index in [2.05, 4.69) is 35.0 Å². The van der Waals surface area contributed by atoms with Crippen molar-refractivity contribution in [3.05, 3.63) is 40.7 Å². The van der Waals surface area contributed by atoms with Crippen LogP contribution in [-0.4, -0.2) is 30.8 Å². The molecular weight excluding hydrogens is 268 g/mol. The summed E-state index contributed by atoms with van der Waals surface area (Å²) in [6, 6.07) is 10.9. The fraction of sp³-hybridized carbons (Fsp3) is 0.438. The third-order valence-corrected chi connectivity index (χ3v) is 4.46. The highest BCUT2D eigenvalue weighted by molar-refractivity contribution is 7.09. The van der Waals surface area contributed by atoms with Gasteiger partial charge in [-0.15, -0.1) is 11.3 Å². The van der Waals surface area contributed by atoms with E-state index in [0.29, 0.717) is 6.04 Å². The average molecular weight is 288 g/mol. The van der Waals surface area contributed by atoms with E-state index in [1.54, 1.807) is 11.3 Å². The minimum Gasteiger partial charge on any atom is -0.380 e. The van der Waals surface area contributed by atoms with Gasteiger partial charge in [-0.05, 0) is 12.8 Å². The number of benzene rings is 1. The van der Waals surface area contributed by atoms with Crippen molar-refractivity contribution < 1.29 is 4.74 Å². The molecule has 1 atom stereocenters. The van der Waals surface area contributed by atoms with E-state index >= 15 is 0 Å². The Morgan fingerprint density at radius 3 is 3.00 bits per heavy atom. The van der Waals surface area contributed by atoms with Crippen molar-refractivity contribution in [2.45, 2.75) is 25.3 Å². The first kappa shape index (κ1) is 13.7. The number of thiazole rings is 1. The molecule has 2 aromatic rings. The molecule has 1 aliphatic heterocycles. The molecular formula is C16H20N2OS. The molecule has 1 aliphatic rings. The third kappa shape index (κ3) is 3.66. The third-order valence-electron chi connectivity index (χ3n) is 3.55. The molecule has 1 fully saturated rings. The quantitative estimate of drug-likeness (QED) is 0.918. The van der Waals surface area contributed by atoms with Gasteiger partial charge in [-0.2, -0.15) is 0 Å². The fourth-order valence-electron chi connectivity index (χ4n) is 2.45. The molecule has 0 aliphatic carbocycles. The molecule has 0 bridgehead atoms. The van der Waals surface area contributed by atoms with Crippen LogP contribution >= 0.6 is 11.3 Å². The second kappa shape index (κ2) is 6.97. The predicted octanol–water partition coefficient (Wildman–Crippen LogP) is 3.12. The normalized spacial score (nSPS) is 19.1. The molecule has 3 rings (SSSR count). The van der Waals surface area contributed by atoms with E-state index < -0.39 is 0 Å². The fourth-order valence-corrected chi connectivity index (χ4v) is 3.26. The Bertz CT molecular complexity index is 520. The molecule has 4 heteroatoms. The second-order valence-electron chi connectivity index (χ2n) is 5.11. The van der Waals surface area contributed by atoms with Crippen LogP contribution in [0.5, 0.6) is 0 Å². The lowest BCUT2D eigenvalue weighted by atomic mass is 10.1. The predicted molar refractivity (Wildman–Crippen MR) is 83.1 cm³/mol. The van der Waals surface area contributed by atoms with Crippen molar-refractivity contribution in [3.8, 4) is 11.3 Å². The Morgan fingerprint density at radius 2 is 2.20 bits per heavy atom. The maximum absolute atomic E-state index is 5.47. The van der Waals surface area contributed by atoms with Crippen molar-refractivity contribution in [3.63, 3.8) is 0 Å². The van der Waals surface area contributed by atoms with Crippen LogP contribution in [0.15, 0.2) is 35.7 Å². The number of rotatable bonds is 5. The van der Waals surface area contributed by atoms with Crippen molar-refractivity contribution in [2.24, 2.45) is 0 Å². The van der Waals surface area contributed by atoms with Crippen molar-refractivity contribution in [1.29, 1.82) is 0 Å². The molecule has 0 amide bonds. The van der Waals surface area contributed by atoms with Gasteiger partial charge >= 0.3 is 0 Å². The highest BCUT2D eigenvalue weighted by atomic mass is 32.1. The zero-order chi connectivity index (χ0) is 13.6. The van der Waals surface area contributed by atoms with Gasteiger partial charge in [0.2, 0.25) is 0 Å². The van der Waals surface area contributed by atoms with E-state index in [-0.39, 0.29) is 0 Å². The standard InChI is InChI=1S/C16H20N2OS/c1-2-5-13(6-3-1)15-12-20-16(18-15)8-9-17-14-7-4-10-19-11-14/h1-3,5-6,12,14,17H,4,7-11H2/t14-/m1/s1. The lowest BCUT2D eigenvalue weighted by molar-refractivity contribution is 0.0707.